The zero-order chi connectivity index (χ0) is 10.7. The summed E-state index contributed by atoms with van der Waals surface area (Å²) in [6.45, 7) is 2.31. The highest BCUT2D eigenvalue weighted by molar-refractivity contribution is 5.31. The third kappa shape index (κ3) is 2.27. The molecule has 1 aliphatic rings. The Bertz CT molecular complexity index is 337. The third-order valence-corrected chi connectivity index (χ3v) is 2.47. The minimum Gasteiger partial charge on any atom is -0.494 e. The molecule has 0 amide bonds. The molecule has 1 fully saturated rings. The maximum Gasteiger partial charge on any atom is 0.165 e. The Morgan fingerprint density at radius 1 is 1.53 bits per heavy atom. The molecule has 1 aliphatic heterocycles. The Hall–Kier alpha value is -1.13. The first-order valence-corrected chi connectivity index (χ1v) is 4.97. The first-order valence-electron chi connectivity index (χ1n) is 4.97. The van der Waals surface area contributed by atoms with Crippen LogP contribution in [-0.4, -0.2) is 26.8 Å². The van der Waals surface area contributed by atoms with Gasteiger partial charge in [0.05, 0.1) is 19.8 Å². The molecule has 0 spiro atoms. The molecule has 1 aromatic carbocycles. The number of hydrogen-bond donors (Lipinski definition) is 1. The van der Waals surface area contributed by atoms with Crippen LogP contribution in [0.25, 0.3) is 0 Å². The van der Waals surface area contributed by atoms with Gasteiger partial charge in [-0.25, -0.2) is 4.39 Å². The number of hydrogen-bond acceptors (Lipinski definition) is 3. The molecule has 1 aromatic rings. The van der Waals surface area contributed by atoms with Crippen LogP contribution >= 0.6 is 0 Å². The SMILES string of the molecule is COc1cc(C2CNCCO2)ccc1F. The van der Waals surface area contributed by atoms with Crippen molar-refractivity contribution < 1.29 is 13.9 Å². The van der Waals surface area contributed by atoms with Crippen molar-refractivity contribution >= 4 is 0 Å². The second kappa shape index (κ2) is 4.59. The van der Waals surface area contributed by atoms with E-state index in [4.69, 9.17) is 9.47 Å². The summed E-state index contributed by atoms with van der Waals surface area (Å²) >= 11 is 0. The van der Waals surface area contributed by atoms with Crippen LogP contribution in [0.3, 0.4) is 0 Å². The topological polar surface area (TPSA) is 30.5 Å². The first kappa shape index (κ1) is 10.4. The highest BCUT2D eigenvalue weighted by Crippen LogP contribution is 2.25. The van der Waals surface area contributed by atoms with E-state index in [1.807, 2.05) is 0 Å². The van der Waals surface area contributed by atoms with Crippen LogP contribution in [0.2, 0.25) is 0 Å². The van der Waals surface area contributed by atoms with Gasteiger partial charge in [0.1, 0.15) is 0 Å². The van der Waals surface area contributed by atoms with Gasteiger partial charge in [0.25, 0.3) is 0 Å². The first-order chi connectivity index (χ1) is 7.31. The van der Waals surface area contributed by atoms with Crippen molar-refractivity contribution in [3.05, 3.63) is 29.6 Å². The molecule has 0 aromatic heterocycles. The summed E-state index contributed by atoms with van der Waals surface area (Å²) in [7, 11) is 1.46. The zero-order valence-electron chi connectivity index (χ0n) is 8.63. The Morgan fingerprint density at radius 2 is 2.40 bits per heavy atom. The van der Waals surface area contributed by atoms with Crippen molar-refractivity contribution in [2.24, 2.45) is 0 Å². The molecule has 2 rings (SSSR count). The summed E-state index contributed by atoms with van der Waals surface area (Å²) in [5, 5.41) is 3.23. The van der Waals surface area contributed by atoms with Crippen LogP contribution < -0.4 is 10.1 Å². The van der Waals surface area contributed by atoms with Gasteiger partial charge in [0.2, 0.25) is 0 Å². The molecule has 4 heteroatoms. The average Bonchev–Trinajstić information content (AvgIpc) is 2.31. The molecule has 0 radical (unpaired) electrons. The number of morpholine rings is 1. The molecule has 0 aliphatic carbocycles. The standard InChI is InChI=1S/C11H14FNO2/c1-14-10-6-8(2-3-9(10)12)11-7-13-4-5-15-11/h2-3,6,11,13H,4-5,7H2,1H3. The van der Waals surface area contributed by atoms with Gasteiger partial charge in [-0.15, -0.1) is 0 Å². The molecule has 82 valence electrons. The lowest BCUT2D eigenvalue weighted by atomic mass is 10.1. The van der Waals surface area contributed by atoms with Crippen molar-refractivity contribution in [3.8, 4) is 5.75 Å². The number of rotatable bonds is 2. The van der Waals surface area contributed by atoms with E-state index in [1.165, 1.54) is 13.2 Å². The maximum atomic E-state index is 13.2. The van der Waals surface area contributed by atoms with E-state index in [0.29, 0.717) is 6.61 Å². The van der Waals surface area contributed by atoms with Gasteiger partial charge in [-0.1, -0.05) is 6.07 Å². The normalized spacial score (nSPS) is 21.3. The largest absolute Gasteiger partial charge is 0.494 e. The molecule has 15 heavy (non-hydrogen) atoms. The van der Waals surface area contributed by atoms with E-state index in [-0.39, 0.29) is 17.7 Å². The minimum atomic E-state index is -0.343. The van der Waals surface area contributed by atoms with Gasteiger partial charge in [0.15, 0.2) is 11.6 Å². The Kier molecular flexibility index (Phi) is 3.18. The summed E-state index contributed by atoms with van der Waals surface area (Å²) in [4.78, 5) is 0. The van der Waals surface area contributed by atoms with Crippen molar-refractivity contribution in [2.45, 2.75) is 6.10 Å². The van der Waals surface area contributed by atoms with Gasteiger partial charge in [0, 0.05) is 13.1 Å². The fraction of sp³-hybridized carbons (Fsp3) is 0.455. The summed E-state index contributed by atoms with van der Waals surface area (Å²) in [6.07, 6.45) is -0.00625. The molecule has 0 bridgehead atoms. The van der Waals surface area contributed by atoms with Crippen molar-refractivity contribution in [1.29, 1.82) is 0 Å². The van der Waals surface area contributed by atoms with Gasteiger partial charge in [-0.2, -0.15) is 0 Å². The van der Waals surface area contributed by atoms with E-state index in [1.54, 1.807) is 12.1 Å². The van der Waals surface area contributed by atoms with Crippen molar-refractivity contribution in [2.75, 3.05) is 26.8 Å². The van der Waals surface area contributed by atoms with Crippen LogP contribution in [-0.2, 0) is 4.74 Å². The van der Waals surface area contributed by atoms with Crippen LogP contribution in [0.1, 0.15) is 11.7 Å². The van der Waals surface area contributed by atoms with Crippen LogP contribution in [0.15, 0.2) is 18.2 Å². The molecular formula is C11H14FNO2. The Balaban J connectivity index is 2.20. The quantitative estimate of drug-likeness (QED) is 0.804. The van der Waals surface area contributed by atoms with Gasteiger partial charge < -0.3 is 14.8 Å². The van der Waals surface area contributed by atoms with Gasteiger partial charge >= 0.3 is 0 Å². The molecular weight excluding hydrogens is 197 g/mol. The smallest absolute Gasteiger partial charge is 0.165 e. The number of halogens is 1. The summed E-state index contributed by atoms with van der Waals surface area (Å²) in [5.41, 5.74) is 0.945. The van der Waals surface area contributed by atoms with Crippen molar-refractivity contribution in [3.63, 3.8) is 0 Å². The lowest BCUT2D eigenvalue weighted by molar-refractivity contribution is 0.0275. The van der Waals surface area contributed by atoms with Crippen LogP contribution in [0.4, 0.5) is 4.39 Å². The summed E-state index contributed by atoms with van der Waals surface area (Å²) < 4.78 is 23.6. The predicted octanol–water partition coefficient (Wildman–Crippen LogP) is 1.50. The second-order valence-corrected chi connectivity index (χ2v) is 3.46. The highest BCUT2D eigenvalue weighted by Gasteiger charge is 2.17. The molecule has 1 saturated heterocycles. The van der Waals surface area contributed by atoms with Crippen LogP contribution in [0, 0.1) is 5.82 Å². The Morgan fingerprint density at radius 3 is 3.07 bits per heavy atom. The molecule has 3 nitrogen and oxygen atoms in total. The number of ether oxygens (including phenoxy) is 2. The molecule has 1 heterocycles. The fourth-order valence-corrected chi connectivity index (χ4v) is 1.66. The fourth-order valence-electron chi connectivity index (χ4n) is 1.66. The Labute approximate surface area is 88.2 Å². The molecule has 1 N–H and O–H groups in total. The highest BCUT2D eigenvalue weighted by atomic mass is 19.1. The number of methoxy groups -OCH3 is 1. The summed E-state index contributed by atoms with van der Waals surface area (Å²) in [6, 6.07) is 4.83. The lowest BCUT2D eigenvalue weighted by Crippen LogP contribution is -2.33. The molecule has 1 atom stereocenters. The van der Waals surface area contributed by atoms with Gasteiger partial charge in [-0.05, 0) is 17.7 Å². The zero-order valence-corrected chi connectivity index (χ0v) is 8.63. The minimum absolute atomic E-state index is 0.00625. The third-order valence-electron chi connectivity index (χ3n) is 2.47. The van der Waals surface area contributed by atoms with E-state index < -0.39 is 0 Å². The second-order valence-electron chi connectivity index (χ2n) is 3.46. The van der Waals surface area contributed by atoms with Crippen LogP contribution in [0.5, 0.6) is 5.75 Å². The van der Waals surface area contributed by atoms with Crippen molar-refractivity contribution in [1.82, 2.24) is 5.32 Å². The number of nitrogens with one attached hydrogen (secondary N) is 1. The van der Waals surface area contributed by atoms with E-state index >= 15 is 0 Å². The lowest BCUT2D eigenvalue weighted by Gasteiger charge is -2.24. The van der Waals surface area contributed by atoms with Gasteiger partial charge in [-0.3, -0.25) is 0 Å². The monoisotopic (exact) mass is 211 g/mol. The molecule has 1 unspecified atom stereocenters. The maximum absolute atomic E-state index is 13.2. The van der Waals surface area contributed by atoms with E-state index in [2.05, 4.69) is 5.32 Å². The van der Waals surface area contributed by atoms with E-state index in [0.717, 1.165) is 18.7 Å². The van der Waals surface area contributed by atoms with E-state index in [9.17, 15) is 4.39 Å². The average molecular weight is 211 g/mol. The summed E-state index contributed by atoms with van der Waals surface area (Å²) in [5.74, 6) is -0.0771. The predicted molar refractivity (Wildman–Crippen MR) is 54.5 cm³/mol. The number of benzene rings is 1. The molecule has 0 saturated carbocycles.